The van der Waals surface area contributed by atoms with E-state index in [1.165, 1.54) is 0 Å². The van der Waals surface area contributed by atoms with E-state index in [-0.39, 0.29) is 18.3 Å². The molecule has 1 rings (SSSR count). The zero-order valence-corrected chi connectivity index (χ0v) is 16.8. The van der Waals surface area contributed by atoms with Crippen LogP contribution in [0.2, 0.25) is 0 Å². The molecule has 0 aromatic carbocycles. The molecule has 6 heteroatoms. The Balaban J connectivity index is 0. The Kier molecular flexibility index (Phi) is 17.6. The molecule has 0 aromatic heterocycles. The van der Waals surface area contributed by atoms with Crippen LogP contribution in [0, 0.1) is 0 Å². The van der Waals surface area contributed by atoms with Crippen molar-refractivity contribution in [1.82, 2.24) is 0 Å². The third-order valence-corrected chi connectivity index (χ3v) is 2.26. The van der Waals surface area contributed by atoms with Crippen LogP contribution in [-0.2, 0) is 18.9 Å². The number of hydrogen-bond acceptors (Lipinski definition) is 6. The summed E-state index contributed by atoms with van der Waals surface area (Å²) in [6, 6.07) is 0. The summed E-state index contributed by atoms with van der Waals surface area (Å²) >= 11 is 0. The number of aliphatic hydroxyl groups is 2. The number of epoxide rings is 1. The molecule has 0 amide bonds. The van der Waals surface area contributed by atoms with E-state index in [4.69, 9.17) is 24.1 Å². The van der Waals surface area contributed by atoms with Crippen molar-refractivity contribution in [3.63, 3.8) is 0 Å². The molecule has 0 radical (unpaired) electrons. The smallest absolute Gasteiger partial charge is 0.104 e. The molecule has 0 aromatic rings. The molecule has 0 spiro atoms. The molecule has 1 aliphatic heterocycles. The normalized spacial score (nSPS) is 16.4. The van der Waals surface area contributed by atoms with Crippen molar-refractivity contribution >= 4 is 0 Å². The largest absolute Gasteiger partial charge is 0.394 e. The maximum Gasteiger partial charge on any atom is 0.104 e. The molecule has 0 bridgehead atoms. The second-order valence-electron chi connectivity index (χ2n) is 6.85. The highest BCUT2D eigenvalue weighted by atomic mass is 16.6. The van der Waals surface area contributed by atoms with Crippen molar-refractivity contribution in [3.8, 4) is 0 Å². The summed E-state index contributed by atoms with van der Waals surface area (Å²) in [5, 5.41) is 17.4. The first kappa shape index (κ1) is 26.0. The Morgan fingerprint density at radius 1 is 0.792 bits per heavy atom. The maximum atomic E-state index is 9.30. The van der Waals surface area contributed by atoms with Gasteiger partial charge in [-0.15, -0.1) is 0 Å². The fourth-order valence-electron chi connectivity index (χ4n) is 1.12. The molecule has 1 atom stereocenters. The fraction of sp³-hybridized carbons (Fsp3) is 1.00. The second-order valence-corrected chi connectivity index (χ2v) is 6.85. The average Bonchev–Trinajstić information content (AvgIpc) is 3.24. The van der Waals surface area contributed by atoms with Crippen molar-refractivity contribution in [2.45, 2.75) is 92.0 Å². The molecule has 2 N–H and O–H groups in total. The van der Waals surface area contributed by atoms with Gasteiger partial charge in [0.15, 0.2) is 0 Å². The zero-order chi connectivity index (χ0) is 19.1. The van der Waals surface area contributed by atoms with Crippen LogP contribution in [0.4, 0.5) is 0 Å². The molecule has 6 nitrogen and oxygen atoms in total. The van der Waals surface area contributed by atoms with Crippen LogP contribution >= 0.6 is 0 Å². The lowest BCUT2D eigenvalue weighted by atomic mass is 10.4. The van der Waals surface area contributed by atoms with E-state index in [2.05, 4.69) is 0 Å². The first-order valence-electron chi connectivity index (χ1n) is 8.87. The molecule has 24 heavy (non-hydrogen) atoms. The van der Waals surface area contributed by atoms with Crippen molar-refractivity contribution in [3.05, 3.63) is 0 Å². The number of hydrogen-bond donors (Lipinski definition) is 2. The quantitative estimate of drug-likeness (QED) is 0.620. The summed E-state index contributed by atoms with van der Waals surface area (Å²) in [5.41, 5.74) is 0. The summed E-state index contributed by atoms with van der Waals surface area (Å²) in [7, 11) is 0. The van der Waals surface area contributed by atoms with Gasteiger partial charge in [-0.3, -0.25) is 0 Å². The van der Waals surface area contributed by atoms with Crippen molar-refractivity contribution in [2.24, 2.45) is 0 Å². The summed E-state index contributed by atoms with van der Waals surface area (Å²) in [4.78, 5) is 0. The van der Waals surface area contributed by atoms with Gasteiger partial charge in [-0.2, -0.15) is 0 Å². The standard InChI is InChI=1S/C9H20O3.C6H12O2.C3H8O/c1-7(2)11-5-9(10)6-12-8(3)4;1-5(2)7-3-6-4-8-6;1-3(2)4/h7-10H,5-6H2,1-4H3;5-6H,3-4H2,1-2H3;3-4H,1-2H3. The number of aliphatic hydroxyl groups excluding tert-OH is 2. The fourth-order valence-corrected chi connectivity index (χ4v) is 1.12. The molecule has 1 heterocycles. The number of rotatable bonds is 9. The average molecular weight is 353 g/mol. The Hall–Kier alpha value is -0.240. The van der Waals surface area contributed by atoms with Gasteiger partial charge >= 0.3 is 0 Å². The highest BCUT2D eigenvalue weighted by Crippen LogP contribution is 2.09. The van der Waals surface area contributed by atoms with Gasteiger partial charge in [0.2, 0.25) is 0 Å². The predicted octanol–water partition coefficient (Wildman–Crippen LogP) is 2.39. The van der Waals surface area contributed by atoms with Crippen LogP contribution in [-0.4, -0.2) is 73.3 Å². The highest BCUT2D eigenvalue weighted by Gasteiger charge is 2.22. The van der Waals surface area contributed by atoms with E-state index in [9.17, 15) is 5.11 Å². The summed E-state index contributed by atoms with van der Waals surface area (Å²) < 4.78 is 20.6. The van der Waals surface area contributed by atoms with E-state index < -0.39 is 6.10 Å². The Bertz CT molecular complexity index is 235. The van der Waals surface area contributed by atoms with Crippen LogP contribution in [0.3, 0.4) is 0 Å². The predicted molar refractivity (Wildman–Crippen MR) is 96.4 cm³/mol. The van der Waals surface area contributed by atoms with E-state index in [1.807, 2.05) is 41.5 Å². The minimum atomic E-state index is -0.505. The monoisotopic (exact) mass is 352 g/mol. The van der Waals surface area contributed by atoms with E-state index in [0.717, 1.165) is 13.2 Å². The van der Waals surface area contributed by atoms with Gasteiger partial charge in [0.1, 0.15) is 12.2 Å². The maximum absolute atomic E-state index is 9.30. The van der Waals surface area contributed by atoms with E-state index in [0.29, 0.717) is 25.4 Å². The van der Waals surface area contributed by atoms with Crippen LogP contribution in [0.25, 0.3) is 0 Å². The molecule has 1 unspecified atom stereocenters. The Morgan fingerprint density at radius 2 is 1.12 bits per heavy atom. The topological polar surface area (TPSA) is 80.7 Å². The Labute approximate surface area is 148 Å². The van der Waals surface area contributed by atoms with Crippen molar-refractivity contribution in [1.29, 1.82) is 0 Å². The Morgan fingerprint density at radius 3 is 1.38 bits per heavy atom. The SMILES string of the molecule is CC(C)O.CC(C)OCC(O)COC(C)C.CC(C)OCC1CO1. The van der Waals surface area contributed by atoms with Crippen LogP contribution < -0.4 is 0 Å². The molecule has 0 aliphatic carbocycles. The van der Waals surface area contributed by atoms with Gasteiger partial charge in [0.25, 0.3) is 0 Å². The van der Waals surface area contributed by atoms with Crippen LogP contribution in [0.15, 0.2) is 0 Å². The molecule has 0 saturated carbocycles. The van der Waals surface area contributed by atoms with Crippen molar-refractivity contribution < 1.29 is 29.2 Å². The van der Waals surface area contributed by atoms with Gasteiger partial charge < -0.3 is 29.2 Å². The summed E-state index contributed by atoms with van der Waals surface area (Å²) in [6.07, 6.45) is 0.420. The molecule has 148 valence electrons. The van der Waals surface area contributed by atoms with E-state index >= 15 is 0 Å². The van der Waals surface area contributed by atoms with Crippen LogP contribution in [0.1, 0.15) is 55.4 Å². The van der Waals surface area contributed by atoms with Crippen molar-refractivity contribution in [2.75, 3.05) is 26.4 Å². The minimum Gasteiger partial charge on any atom is -0.394 e. The molecular weight excluding hydrogens is 312 g/mol. The summed E-state index contributed by atoms with van der Waals surface area (Å²) in [5.74, 6) is 0. The van der Waals surface area contributed by atoms with Gasteiger partial charge in [0.05, 0.1) is 44.7 Å². The molecule has 1 aliphatic rings. The van der Waals surface area contributed by atoms with Gasteiger partial charge in [-0.1, -0.05) is 0 Å². The molecule has 1 saturated heterocycles. The van der Waals surface area contributed by atoms with E-state index in [1.54, 1.807) is 13.8 Å². The highest BCUT2D eigenvalue weighted by molar-refractivity contribution is 4.67. The van der Waals surface area contributed by atoms with Gasteiger partial charge in [-0.25, -0.2) is 0 Å². The number of ether oxygens (including phenoxy) is 4. The third-order valence-electron chi connectivity index (χ3n) is 2.26. The molecular formula is C18H40O6. The second kappa shape index (κ2) is 16.2. The van der Waals surface area contributed by atoms with Gasteiger partial charge in [0, 0.05) is 6.10 Å². The lowest BCUT2D eigenvalue weighted by Crippen LogP contribution is -2.25. The first-order chi connectivity index (χ1) is 11.0. The lowest BCUT2D eigenvalue weighted by molar-refractivity contribution is -0.0484. The van der Waals surface area contributed by atoms with Crippen LogP contribution in [0.5, 0.6) is 0 Å². The third kappa shape index (κ3) is 29.7. The summed E-state index contributed by atoms with van der Waals surface area (Å²) in [6.45, 7) is 17.6. The first-order valence-corrected chi connectivity index (χ1v) is 8.87. The zero-order valence-electron chi connectivity index (χ0n) is 16.8. The molecule has 1 fully saturated rings. The lowest BCUT2D eigenvalue weighted by Gasteiger charge is -2.15. The van der Waals surface area contributed by atoms with Gasteiger partial charge in [-0.05, 0) is 55.4 Å². The minimum absolute atomic E-state index is 0.165.